The van der Waals surface area contributed by atoms with Gasteiger partial charge in [-0.15, -0.1) is 11.8 Å². The lowest BCUT2D eigenvalue weighted by Crippen LogP contribution is -2.19. The molecule has 6 rings (SSSR count). The molecule has 160 valence electrons. The number of hydrogen-bond acceptors (Lipinski definition) is 5. The van der Waals surface area contributed by atoms with Crippen LogP contribution < -0.4 is 5.69 Å². The number of imidazole rings is 3. The molecule has 2 aromatic carbocycles. The molecule has 4 heterocycles. The number of thioether (sulfide) groups is 1. The van der Waals surface area contributed by atoms with Gasteiger partial charge in [0.05, 0.1) is 39.6 Å². The van der Waals surface area contributed by atoms with Crippen LogP contribution in [0.3, 0.4) is 0 Å². The van der Waals surface area contributed by atoms with E-state index < -0.39 is 0 Å². The Balaban J connectivity index is 1.64. The topological polar surface area (TPSA) is 74.9 Å². The zero-order valence-electron chi connectivity index (χ0n) is 18.0. The summed E-state index contributed by atoms with van der Waals surface area (Å²) in [6, 6.07) is 12.4. The van der Waals surface area contributed by atoms with Gasteiger partial charge in [-0.2, -0.15) is 0 Å². The number of rotatable bonds is 3. The summed E-state index contributed by atoms with van der Waals surface area (Å²) in [5.41, 5.74) is 6.58. The molecule has 5 aromatic rings. The third-order valence-corrected chi connectivity index (χ3v) is 7.07. The standard InChI is InChI=1S/C23H21N7OS/c1-27-13-24-12-20(27)21-26-16-10-14(22-25-8-9-32-22)4-6-17(16)30(21)15-5-7-18-19(11-15)29(3)23(31)28(18)2/h4-7,10-13H,8-9H2,1-3H3. The minimum Gasteiger partial charge on any atom is -0.331 e. The van der Waals surface area contributed by atoms with Crippen molar-refractivity contribution in [3.8, 4) is 17.2 Å². The molecule has 32 heavy (non-hydrogen) atoms. The highest BCUT2D eigenvalue weighted by Gasteiger charge is 2.20. The van der Waals surface area contributed by atoms with Crippen LogP contribution in [0.15, 0.2) is 58.7 Å². The molecule has 0 fully saturated rings. The van der Waals surface area contributed by atoms with Crippen LogP contribution in [-0.2, 0) is 21.1 Å². The fourth-order valence-corrected chi connectivity index (χ4v) is 5.22. The van der Waals surface area contributed by atoms with Crippen molar-refractivity contribution in [1.82, 2.24) is 28.2 Å². The van der Waals surface area contributed by atoms with Gasteiger partial charge in [0.1, 0.15) is 5.69 Å². The summed E-state index contributed by atoms with van der Waals surface area (Å²) in [4.78, 5) is 26.4. The maximum absolute atomic E-state index is 12.4. The molecule has 0 radical (unpaired) electrons. The van der Waals surface area contributed by atoms with Gasteiger partial charge in [0.25, 0.3) is 0 Å². The van der Waals surface area contributed by atoms with Gasteiger partial charge in [-0.1, -0.05) is 6.07 Å². The molecule has 0 aliphatic carbocycles. The summed E-state index contributed by atoms with van der Waals surface area (Å²) < 4.78 is 7.44. The molecule has 0 amide bonds. The van der Waals surface area contributed by atoms with Crippen LogP contribution in [-0.4, -0.2) is 45.6 Å². The molecule has 0 N–H and O–H groups in total. The second-order valence-corrected chi connectivity index (χ2v) is 9.06. The van der Waals surface area contributed by atoms with Crippen molar-refractivity contribution in [3.05, 3.63) is 65.0 Å². The van der Waals surface area contributed by atoms with Crippen LogP contribution >= 0.6 is 11.8 Å². The van der Waals surface area contributed by atoms with Gasteiger partial charge in [0.2, 0.25) is 0 Å². The maximum atomic E-state index is 12.4. The van der Waals surface area contributed by atoms with E-state index >= 15 is 0 Å². The Hall–Kier alpha value is -3.59. The molecule has 1 aliphatic rings. The Morgan fingerprint density at radius 3 is 2.53 bits per heavy atom. The summed E-state index contributed by atoms with van der Waals surface area (Å²) in [5, 5.41) is 1.07. The second-order valence-electron chi connectivity index (χ2n) is 7.97. The number of fused-ring (bicyclic) bond motifs is 2. The van der Waals surface area contributed by atoms with E-state index in [1.165, 1.54) is 0 Å². The van der Waals surface area contributed by atoms with Crippen molar-refractivity contribution in [3.63, 3.8) is 0 Å². The Labute approximate surface area is 187 Å². The van der Waals surface area contributed by atoms with Crippen LogP contribution in [0.1, 0.15) is 5.56 Å². The van der Waals surface area contributed by atoms with Crippen LogP contribution in [0.5, 0.6) is 0 Å². The molecular formula is C23H21N7OS. The van der Waals surface area contributed by atoms with Crippen LogP contribution in [0.4, 0.5) is 0 Å². The minimum atomic E-state index is -0.0426. The molecule has 0 saturated heterocycles. The predicted octanol–water partition coefficient (Wildman–Crippen LogP) is 3.11. The third kappa shape index (κ3) is 2.70. The first kappa shape index (κ1) is 19.1. The average molecular weight is 444 g/mol. The van der Waals surface area contributed by atoms with Gasteiger partial charge >= 0.3 is 5.69 Å². The summed E-state index contributed by atoms with van der Waals surface area (Å²) in [6.07, 6.45) is 3.60. The average Bonchev–Trinajstić information content (AvgIpc) is 3.58. The molecule has 0 atom stereocenters. The van der Waals surface area contributed by atoms with E-state index in [0.717, 1.165) is 62.2 Å². The summed E-state index contributed by atoms with van der Waals surface area (Å²) >= 11 is 1.78. The van der Waals surface area contributed by atoms with Gasteiger partial charge in [0.15, 0.2) is 5.82 Å². The lowest BCUT2D eigenvalue weighted by molar-refractivity contribution is 0.795. The normalized spacial score (nSPS) is 14.0. The monoisotopic (exact) mass is 443 g/mol. The molecule has 0 spiro atoms. The third-order valence-electron chi connectivity index (χ3n) is 6.05. The fraction of sp³-hybridized carbons (Fsp3) is 0.217. The first-order valence-corrected chi connectivity index (χ1v) is 11.3. The predicted molar refractivity (Wildman–Crippen MR) is 129 cm³/mol. The number of benzene rings is 2. The summed E-state index contributed by atoms with van der Waals surface area (Å²) in [7, 11) is 5.56. The minimum absolute atomic E-state index is 0.0426. The molecule has 3 aromatic heterocycles. The fourth-order valence-electron chi connectivity index (χ4n) is 4.36. The van der Waals surface area contributed by atoms with Gasteiger partial charge < -0.3 is 4.57 Å². The van der Waals surface area contributed by atoms with Crippen LogP contribution in [0.25, 0.3) is 39.3 Å². The molecule has 0 saturated carbocycles. The highest BCUT2D eigenvalue weighted by atomic mass is 32.2. The molecule has 0 bridgehead atoms. The Bertz CT molecular complexity index is 1610. The van der Waals surface area contributed by atoms with Gasteiger partial charge in [-0.25, -0.2) is 14.8 Å². The smallest absolute Gasteiger partial charge is 0.328 e. The highest BCUT2D eigenvalue weighted by Crippen LogP contribution is 2.31. The zero-order chi connectivity index (χ0) is 22.0. The summed E-state index contributed by atoms with van der Waals surface area (Å²) in [6.45, 7) is 0.864. The largest absolute Gasteiger partial charge is 0.331 e. The summed E-state index contributed by atoms with van der Waals surface area (Å²) in [5.74, 6) is 1.83. The van der Waals surface area contributed by atoms with Crippen LogP contribution in [0, 0.1) is 0 Å². The Morgan fingerprint density at radius 1 is 0.969 bits per heavy atom. The molecular weight excluding hydrogens is 422 g/mol. The zero-order valence-corrected chi connectivity index (χ0v) is 18.8. The van der Waals surface area contributed by atoms with E-state index in [1.54, 1.807) is 41.3 Å². The van der Waals surface area contributed by atoms with E-state index in [0.29, 0.717) is 0 Å². The van der Waals surface area contributed by atoms with Crippen molar-refractivity contribution in [2.75, 3.05) is 12.3 Å². The molecule has 0 unspecified atom stereocenters. The van der Waals surface area contributed by atoms with Crippen LogP contribution in [0.2, 0.25) is 0 Å². The Kier molecular flexibility index (Phi) is 4.16. The van der Waals surface area contributed by atoms with E-state index in [4.69, 9.17) is 4.98 Å². The van der Waals surface area contributed by atoms with Gasteiger partial charge in [-0.05, 0) is 30.3 Å². The Morgan fingerprint density at radius 2 is 1.78 bits per heavy atom. The number of aryl methyl sites for hydroxylation is 3. The van der Waals surface area contributed by atoms with E-state index in [-0.39, 0.29) is 5.69 Å². The lowest BCUT2D eigenvalue weighted by Gasteiger charge is -2.11. The SMILES string of the molecule is Cn1cncc1-c1nc2cc(C3=NCCS3)ccc2n1-c1ccc2c(c1)n(C)c(=O)n2C. The number of aromatic nitrogens is 6. The first-order chi connectivity index (χ1) is 15.5. The van der Waals surface area contributed by atoms with Gasteiger partial charge in [0, 0.05) is 44.7 Å². The first-order valence-electron chi connectivity index (χ1n) is 10.4. The molecule has 1 aliphatic heterocycles. The molecule has 9 heteroatoms. The quantitative estimate of drug-likeness (QED) is 0.429. The van der Waals surface area contributed by atoms with E-state index in [1.807, 2.05) is 36.0 Å². The van der Waals surface area contributed by atoms with Crippen molar-refractivity contribution in [1.29, 1.82) is 0 Å². The van der Waals surface area contributed by atoms with Crippen molar-refractivity contribution >= 4 is 38.9 Å². The van der Waals surface area contributed by atoms with Crippen molar-refractivity contribution in [2.24, 2.45) is 26.1 Å². The van der Waals surface area contributed by atoms with E-state index in [9.17, 15) is 4.79 Å². The molecule has 8 nitrogen and oxygen atoms in total. The van der Waals surface area contributed by atoms with Crippen molar-refractivity contribution in [2.45, 2.75) is 0 Å². The van der Waals surface area contributed by atoms with Gasteiger partial charge in [-0.3, -0.25) is 18.7 Å². The number of aliphatic imine (C=N–C) groups is 1. The van der Waals surface area contributed by atoms with E-state index in [2.05, 4.69) is 32.7 Å². The highest BCUT2D eigenvalue weighted by molar-refractivity contribution is 8.14. The van der Waals surface area contributed by atoms with Crippen molar-refractivity contribution < 1.29 is 0 Å². The maximum Gasteiger partial charge on any atom is 0.328 e. The second kappa shape index (κ2) is 6.96. The number of hydrogen-bond donors (Lipinski definition) is 0. The lowest BCUT2D eigenvalue weighted by atomic mass is 10.2. The number of nitrogens with zero attached hydrogens (tertiary/aromatic N) is 7.